The Hall–Kier alpha value is -3.82. The Kier molecular flexibility index (Phi) is 9.42. The number of amides is 1. The monoisotopic (exact) mass is 622 g/mol. The van der Waals surface area contributed by atoms with Crippen LogP contribution in [-0.2, 0) is 27.4 Å². The molecule has 0 unspecified atom stereocenters. The fourth-order valence-electron chi connectivity index (χ4n) is 5.58. The third-order valence-electron chi connectivity index (χ3n) is 7.92. The number of nitriles is 1. The van der Waals surface area contributed by atoms with Crippen LogP contribution in [0.25, 0.3) is 6.08 Å². The van der Waals surface area contributed by atoms with Crippen LogP contribution in [0.3, 0.4) is 0 Å². The van der Waals surface area contributed by atoms with Gasteiger partial charge in [-0.05, 0) is 62.4 Å². The number of aromatic nitrogens is 1. The number of thioether (sulfide) groups is 1. The van der Waals surface area contributed by atoms with E-state index in [9.17, 15) is 19.6 Å². The molecule has 1 aromatic carbocycles. The second kappa shape index (κ2) is 13.2. The second-order valence-corrected chi connectivity index (χ2v) is 12.3. The number of carbonyl (C=O) groups is 2. The van der Waals surface area contributed by atoms with Crippen molar-refractivity contribution in [3.05, 3.63) is 55.7 Å². The largest absolute Gasteiger partial charge is 0.466 e. The van der Waals surface area contributed by atoms with E-state index in [1.54, 1.807) is 29.4 Å². The predicted octanol–water partition coefficient (Wildman–Crippen LogP) is 4.74. The SMILES string of the molecule is CCCCn1c(N2CCC(C(=O)OCC)CC2)c(/C=C2\SC(=S)N(Cc3ccc4c(c3)OCO4)C2=O)c(C)c(C#N)c1=O. The van der Waals surface area contributed by atoms with Gasteiger partial charge in [-0.25, -0.2) is 0 Å². The van der Waals surface area contributed by atoms with Crippen molar-refractivity contribution in [3.63, 3.8) is 0 Å². The van der Waals surface area contributed by atoms with E-state index in [2.05, 4.69) is 11.0 Å². The number of hydrogen-bond acceptors (Lipinski definition) is 10. The van der Waals surface area contributed by atoms with E-state index in [-0.39, 0.29) is 42.3 Å². The van der Waals surface area contributed by atoms with Crippen molar-refractivity contribution >= 4 is 52.1 Å². The lowest BCUT2D eigenvalue weighted by Crippen LogP contribution is -2.41. The molecule has 1 aromatic heterocycles. The van der Waals surface area contributed by atoms with Gasteiger partial charge in [0.15, 0.2) is 11.5 Å². The minimum Gasteiger partial charge on any atom is -0.466 e. The third kappa shape index (κ3) is 6.15. The van der Waals surface area contributed by atoms with E-state index in [1.807, 2.05) is 25.1 Å². The molecule has 0 aliphatic carbocycles. The molecule has 0 bridgehead atoms. The third-order valence-corrected chi connectivity index (χ3v) is 9.30. The van der Waals surface area contributed by atoms with E-state index in [4.69, 9.17) is 26.4 Å². The zero-order chi connectivity index (χ0) is 30.7. The predicted molar refractivity (Wildman–Crippen MR) is 168 cm³/mol. The minimum absolute atomic E-state index is 0.0587. The molecule has 3 aliphatic heterocycles. The van der Waals surface area contributed by atoms with Crippen LogP contribution in [0.4, 0.5) is 5.82 Å². The molecule has 4 heterocycles. The maximum atomic E-state index is 13.7. The van der Waals surface area contributed by atoms with Gasteiger partial charge < -0.3 is 19.1 Å². The number of rotatable bonds is 9. The van der Waals surface area contributed by atoms with Crippen LogP contribution in [0, 0.1) is 24.2 Å². The maximum absolute atomic E-state index is 13.7. The number of benzene rings is 1. The molecule has 0 atom stereocenters. The standard InChI is InChI=1S/C31H34N4O6S2/c1-4-6-11-34-27(33-12-9-21(10-13-33)30(38)39-5-2)22(19(3)23(16-32)28(34)36)15-26-29(37)35(31(42)43-26)17-20-7-8-24-25(14-20)41-18-40-24/h7-8,14-15,21H,4-6,9-13,17-18H2,1-3H3/b26-15-. The lowest BCUT2D eigenvalue weighted by atomic mass is 9.95. The van der Waals surface area contributed by atoms with Crippen LogP contribution in [0.5, 0.6) is 11.5 Å². The summed E-state index contributed by atoms with van der Waals surface area (Å²) < 4.78 is 18.2. The number of piperidine rings is 1. The second-order valence-electron chi connectivity index (χ2n) is 10.6. The van der Waals surface area contributed by atoms with Gasteiger partial charge in [0.2, 0.25) is 6.79 Å². The van der Waals surface area contributed by atoms with E-state index in [0.717, 1.165) is 18.4 Å². The summed E-state index contributed by atoms with van der Waals surface area (Å²) in [6.07, 6.45) is 4.54. The van der Waals surface area contributed by atoms with Crippen molar-refractivity contribution in [3.8, 4) is 17.6 Å². The first-order valence-corrected chi connectivity index (χ1v) is 15.7. The molecule has 10 nitrogen and oxygen atoms in total. The molecule has 0 radical (unpaired) electrons. The molecule has 2 fully saturated rings. The number of thiocarbonyl (C=S) groups is 1. The zero-order valence-electron chi connectivity index (χ0n) is 24.5. The van der Waals surface area contributed by atoms with Gasteiger partial charge in [-0.1, -0.05) is 43.4 Å². The molecular weight excluding hydrogens is 588 g/mol. The summed E-state index contributed by atoms with van der Waals surface area (Å²) in [4.78, 5) is 43.8. The number of esters is 1. The van der Waals surface area contributed by atoms with Crippen molar-refractivity contribution in [2.45, 2.75) is 59.5 Å². The first-order chi connectivity index (χ1) is 20.8. The molecule has 12 heteroatoms. The molecule has 43 heavy (non-hydrogen) atoms. The van der Waals surface area contributed by atoms with Gasteiger partial charge >= 0.3 is 5.97 Å². The highest BCUT2D eigenvalue weighted by Gasteiger charge is 2.35. The molecule has 1 amide bonds. The van der Waals surface area contributed by atoms with Crippen LogP contribution in [-0.4, -0.2) is 52.2 Å². The van der Waals surface area contributed by atoms with Gasteiger partial charge in [0.1, 0.15) is 21.8 Å². The molecule has 226 valence electrons. The summed E-state index contributed by atoms with van der Waals surface area (Å²) >= 11 is 6.82. The smallest absolute Gasteiger partial charge is 0.309 e. The molecule has 0 N–H and O–H groups in total. The van der Waals surface area contributed by atoms with Gasteiger partial charge in [-0.2, -0.15) is 5.26 Å². The molecule has 2 aromatic rings. The van der Waals surface area contributed by atoms with Crippen molar-refractivity contribution in [1.82, 2.24) is 9.47 Å². The average molecular weight is 623 g/mol. The number of anilines is 1. The number of carbonyl (C=O) groups excluding carboxylic acids is 2. The van der Waals surface area contributed by atoms with Crippen LogP contribution >= 0.6 is 24.0 Å². The van der Waals surface area contributed by atoms with Crippen LogP contribution in [0.2, 0.25) is 0 Å². The Morgan fingerprint density at radius 1 is 1.21 bits per heavy atom. The quantitative estimate of drug-likeness (QED) is 0.221. The summed E-state index contributed by atoms with van der Waals surface area (Å²) in [6, 6.07) is 7.63. The zero-order valence-corrected chi connectivity index (χ0v) is 26.1. The van der Waals surface area contributed by atoms with Crippen molar-refractivity contribution in [2.75, 3.05) is 31.4 Å². The lowest BCUT2D eigenvalue weighted by molar-refractivity contribution is -0.148. The molecule has 3 aliphatic rings. The Morgan fingerprint density at radius 2 is 1.95 bits per heavy atom. The molecule has 2 saturated heterocycles. The Bertz CT molecular complexity index is 1590. The minimum atomic E-state index is -0.344. The Balaban J connectivity index is 1.52. The van der Waals surface area contributed by atoms with E-state index >= 15 is 0 Å². The summed E-state index contributed by atoms with van der Waals surface area (Å²) in [6.45, 7) is 7.85. The number of nitrogens with zero attached hydrogens (tertiary/aromatic N) is 4. The molecule has 5 rings (SSSR count). The van der Waals surface area contributed by atoms with Gasteiger partial charge in [-0.3, -0.25) is 23.9 Å². The Morgan fingerprint density at radius 3 is 2.65 bits per heavy atom. The molecule has 0 saturated carbocycles. The van der Waals surface area contributed by atoms with E-state index in [1.165, 1.54) is 11.8 Å². The normalized spacial score (nSPS) is 17.6. The van der Waals surface area contributed by atoms with Crippen LogP contribution in [0.1, 0.15) is 61.8 Å². The van der Waals surface area contributed by atoms with Gasteiger partial charge in [0.25, 0.3) is 11.5 Å². The fraction of sp³-hybridized carbons (Fsp3) is 0.452. The van der Waals surface area contributed by atoms with Gasteiger partial charge in [0.05, 0.1) is 24.0 Å². The highest BCUT2D eigenvalue weighted by molar-refractivity contribution is 8.26. The first-order valence-electron chi connectivity index (χ1n) is 14.5. The number of pyridine rings is 1. The van der Waals surface area contributed by atoms with Gasteiger partial charge in [-0.15, -0.1) is 0 Å². The summed E-state index contributed by atoms with van der Waals surface area (Å²) in [7, 11) is 0. The number of hydrogen-bond donors (Lipinski definition) is 0. The molecule has 0 spiro atoms. The summed E-state index contributed by atoms with van der Waals surface area (Å²) in [5.41, 5.74) is 1.73. The summed E-state index contributed by atoms with van der Waals surface area (Å²) in [5, 5.41) is 9.98. The Labute approximate surface area is 260 Å². The van der Waals surface area contributed by atoms with Crippen molar-refractivity contribution in [1.29, 1.82) is 5.26 Å². The highest BCUT2D eigenvalue weighted by atomic mass is 32.2. The summed E-state index contributed by atoms with van der Waals surface area (Å²) in [5.74, 6) is 1.30. The molecular formula is C31H34N4O6S2. The lowest BCUT2D eigenvalue weighted by Gasteiger charge is -2.35. The number of fused-ring (bicyclic) bond motifs is 1. The van der Waals surface area contributed by atoms with Crippen LogP contribution in [0.15, 0.2) is 27.9 Å². The highest BCUT2D eigenvalue weighted by Crippen LogP contribution is 2.39. The average Bonchev–Trinajstić information content (AvgIpc) is 3.58. The van der Waals surface area contributed by atoms with E-state index < -0.39 is 0 Å². The maximum Gasteiger partial charge on any atom is 0.309 e. The van der Waals surface area contributed by atoms with Crippen molar-refractivity contribution < 1.29 is 23.8 Å². The fourth-order valence-corrected chi connectivity index (χ4v) is 6.82. The first kappa shape index (κ1) is 30.6. The van der Waals surface area contributed by atoms with Crippen LogP contribution < -0.4 is 19.9 Å². The topological polar surface area (TPSA) is 114 Å². The number of ether oxygens (including phenoxy) is 3. The number of unbranched alkanes of at least 4 members (excludes halogenated alkanes) is 1. The van der Waals surface area contributed by atoms with Crippen molar-refractivity contribution in [2.24, 2.45) is 5.92 Å². The van der Waals surface area contributed by atoms with E-state index in [0.29, 0.717) is 76.8 Å². The van der Waals surface area contributed by atoms with Gasteiger partial charge in [0, 0.05) is 25.2 Å².